The van der Waals surface area contributed by atoms with Crippen molar-refractivity contribution in [2.24, 2.45) is 0 Å². The summed E-state index contributed by atoms with van der Waals surface area (Å²) in [7, 11) is 0. The molecule has 0 radical (unpaired) electrons. The molecule has 1 aliphatic rings. The highest BCUT2D eigenvalue weighted by molar-refractivity contribution is 5.91. The fourth-order valence-electron chi connectivity index (χ4n) is 4.00. The van der Waals surface area contributed by atoms with Crippen LogP contribution >= 0.6 is 0 Å². The number of ether oxygens (including phenoxy) is 2. The summed E-state index contributed by atoms with van der Waals surface area (Å²) in [6.45, 7) is 8.24. The Morgan fingerprint density at radius 1 is 1.22 bits per heavy atom. The highest BCUT2D eigenvalue weighted by atomic mass is 16.5. The summed E-state index contributed by atoms with van der Waals surface area (Å²) >= 11 is 0. The fourth-order valence-corrected chi connectivity index (χ4v) is 4.00. The van der Waals surface area contributed by atoms with Gasteiger partial charge in [-0.05, 0) is 68.8 Å². The van der Waals surface area contributed by atoms with Gasteiger partial charge in [0, 0.05) is 35.9 Å². The first-order valence-electron chi connectivity index (χ1n) is 12.6. The average Bonchev–Trinajstić information content (AvgIpc) is 3.71. The monoisotopic (exact) mass is 503 g/mol. The van der Waals surface area contributed by atoms with Gasteiger partial charge in [0.15, 0.2) is 0 Å². The van der Waals surface area contributed by atoms with Gasteiger partial charge >= 0.3 is 6.03 Å². The molecule has 2 aromatic carbocycles. The molecule has 0 bridgehead atoms. The van der Waals surface area contributed by atoms with Gasteiger partial charge in [-0.3, -0.25) is 4.98 Å². The molecule has 0 saturated heterocycles. The van der Waals surface area contributed by atoms with Crippen LogP contribution in [0.2, 0.25) is 0 Å². The Morgan fingerprint density at radius 2 is 2.00 bits per heavy atom. The molecule has 0 unspecified atom stereocenters. The van der Waals surface area contributed by atoms with Gasteiger partial charge in [-0.15, -0.1) is 0 Å². The molecule has 0 spiro atoms. The number of aromatic nitrogens is 1. The number of hydrogen-bond donors (Lipinski definition) is 3. The number of pyridine rings is 1. The number of carbonyl (C=O) groups excluding carboxylic acids is 1. The number of nitrogens with one attached hydrogen (secondary N) is 2. The lowest BCUT2D eigenvalue weighted by Crippen LogP contribution is -2.35. The van der Waals surface area contributed by atoms with Crippen molar-refractivity contribution in [1.29, 1.82) is 5.26 Å². The van der Waals surface area contributed by atoms with E-state index in [2.05, 4.69) is 26.6 Å². The molecule has 37 heavy (non-hydrogen) atoms. The number of anilines is 1. The topological polar surface area (TPSA) is 120 Å². The zero-order chi connectivity index (χ0) is 26.4. The Morgan fingerprint density at radius 3 is 2.68 bits per heavy atom. The number of urea groups is 1. The van der Waals surface area contributed by atoms with E-state index in [-0.39, 0.29) is 18.7 Å². The SMILES string of the molecule is CCN(CC)C[C@@H](O)COc1cc2nccc(Oc3ccc(NC(=O)NC4CC4)c(C)c3)c2cc1C#N. The average molecular weight is 504 g/mol. The van der Waals surface area contributed by atoms with Crippen molar-refractivity contribution in [3.05, 3.63) is 53.7 Å². The lowest BCUT2D eigenvalue weighted by atomic mass is 10.1. The Labute approximate surface area is 217 Å². The number of fused-ring (bicyclic) bond motifs is 1. The van der Waals surface area contributed by atoms with Crippen molar-refractivity contribution in [1.82, 2.24) is 15.2 Å². The van der Waals surface area contributed by atoms with Crippen molar-refractivity contribution in [2.75, 3.05) is 31.6 Å². The van der Waals surface area contributed by atoms with Gasteiger partial charge in [-0.2, -0.15) is 5.26 Å². The van der Waals surface area contributed by atoms with E-state index in [1.54, 1.807) is 36.5 Å². The summed E-state index contributed by atoms with van der Waals surface area (Å²) in [4.78, 5) is 18.6. The van der Waals surface area contributed by atoms with Crippen LogP contribution in [0.3, 0.4) is 0 Å². The summed E-state index contributed by atoms with van der Waals surface area (Å²) in [5.74, 6) is 1.51. The molecular formula is C28H33N5O4. The van der Waals surface area contributed by atoms with Crippen molar-refractivity contribution < 1.29 is 19.4 Å². The normalized spacial score (nSPS) is 13.7. The van der Waals surface area contributed by atoms with E-state index in [0.717, 1.165) is 31.5 Å². The Bertz CT molecular complexity index is 1300. The number of aliphatic hydroxyl groups excluding tert-OH is 1. The molecular weight excluding hydrogens is 470 g/mol. The molecule has 194 valence electrons. The van der Waals surface area contributed by atoms with Crippen LogP contribution in [0.1, 0.15) is 37.8 Å². The second-order valence-electron chi connectivity index (χ2n) is 9.19. The van der Waals surface area contributed by atoms with E-state index >= 15 is 0 Å². The van der Waals surface area contributed by atoms with Crippen LogP contribution in [0.25, 0.3) is 10.9 Å². The molecule has 1 atom stereocenters. The summed E-state index contributed by atoms with van der Waals surface area (Å²) in [6, 6.07) is 12.8. The zero-order valence-electron chi connectivity index (χ0n) is 21.5. The molecule has 3 N–H and O–H groups in total. The summed E-state index contributed by atoms with van der Waals surface area (Å²) < 4.78 is 12.0. The highest BCUT2D eigenvalue weighted by Crippen LogP contribution is 2.34. The van der Waals surface area contributed by atoms with E-state index in [0.29, 0.717) is 45.9 Å². The van der Waals surface area contributed by atoms with Crippen LogP contribution in [-0.2, 0) is 0 Å². The van der Waals surface area contributed by atoms with E-state index in [9.17, 15) is 15.2 Å². The molecule has 0 aliphatic heterocycles. The van der Waals surface area contributed by atoms with Crippen LogP contribution in [0.4, 0.5) is 10.5 Å². The van der Waals surface area contributed by atoms with E-state index < -0.39 is 6.10 Å². The third kappa shape index (κ3) is 6.88. The molecule has 1 fully saturated rings. The minimum absolute atomic E-state index is 0.0746. The zero-order valence-corrected chi connectivity index (χ0v) is 21.5. The maximum atomic E-state index is 12.1. The molecule has 1 saturated carbocycles. The maximum Gasteiger partial charge on any atom is 0.319 e. The number of nitrogens with zero attached hydrogens (tertiary/aromatic N) is 3. The summed E-state index contributed by atoms with van der Waals surface area (Å²) in [6.07, 6.45) is 3.01. The molecule has 9 heteroatoms. The second kappa shape index (κ2) is 11.9. The van der Waals surface area contributed by atoms with E-state index in [1.165, 1.54) is 0 Å². The van der Waals surface area contributed by atoms with Gasteiger partial charge < -0.3 is 30.1 Å². The van der Waals surface area contributed by atoms with Crippen molar-refractivity contribution >= 4 is 22.6 Å². The number of benzene rings is 2. The Hall–Kier alpha value is -3.87. The predicted molar refractivity (Wildman–Crippen MR) is 142 cm³/mol. The molecule has 1 aliphatic carbocycles. The lowest BCUT2D eigenvalue weighted by molar-refractivity contribution is 0.0716. The predicted octanol–water partition coefficient (Wildman–Crippen LogP) is 4.57. The first-order valence-corrected chi connectivity index (χ1v) is 12.6. The largest absolute Gasteiger partial charge is 0.489 e. The number of aryl methyl sites for hydroxylation is 1. The quantitative estimate of drug-likeness (QED) is 0.351. The minimum atomic E-state index is -0.676. The van der Waals surface area contributed by atoms with Gasteiger partial charge in [0.25, 0.3) is 0 Å². The van der Waals surface area contributed by atoms with Crippen LogP contribution < -0.4 is 20.1 Å². The summed E-state index contributed by atoms with van der Waals surface area (Å²) in [5.41, 5.74) is 2.51. The number of carbonyl (C=O) groups is 1. The van der Waals surface area contributed by atoms with E-state index in [4.69, 9.17) is 9.47 Å². The molecule has 2 amide bonds. The number of rotatable bonds is 11. The Kier molecular flexibility index (Phi) is 8.43. The molecule has 3 aromatic rings. The first kappa shape index (κ1) is 26.2. The van der Waals surface area contributed by atoms with Crippen LogP contribution in [0, 0.1) is 18.3 Å². The van der Waals surface area contributed by atoms with Gasteiger partial charge in [0.05, 0.1) is 11.1 Å². The second-order valence-corrected chi connectivity index (χ2v) is 9.19. The molecule has 9 nitrogen and oxygen atoms in total. The fraction of sp³-hybridized carbons (Fsp3) is 0.393. The summed E-state index contributed by atoms with van der Waals surface area (Å²) in [5, 5.41) is 26.5. The number of aliphatic hydroxyl groups is 1. The van der Waals surface area contributed by atoms with Crippen molar-refractivity contribution in [3.8, 4) is 23.3 Å². The minimum Gasteiger partial charge on any atom is -0.489 e. The van der Waals surface area contributed by atoms with E-state index in [1.807, 2.05) is 26.8 Å². The van der Waals surface area contributed by atoms with Crippen molar-refractivity contribution in [2.45, 2.75) is 45.8 Å². The molecule has 1 heterocycles. The smallest absolute Gasteiger partial charge is 0.319 e. The third-order valence-electron chi connectivity index (χ3n) is 6.30. The lowest BCUT2D eigenvalue weighted by Gasteiger charge is -2.22. The highest BCUT2D eigenvalue weighted by Gasteiger charge is 2.23. The standard InChI is InChI=1S/C28H33N5O4/c1-4-33(5-2)16-21(34)17-36-27-14-25-23(13-19(27)15-29)26(10-11-30-25)37-22-8-9-24(18(3)12-22)32-28(35)31-20-6-7-20/h8-14,20-21,34H,4-7,16-17H2,1-3H3,(H2,31,32,35)/t21-/m1/s1. The number of likely N-dealkylation sites (N-methyl/N-ethyl adjacent to an activating group) is 1. The number of nitriles is 1. The van der Waals surface area contributed by atoms with Crippen LogP contribution in [0.15, 0.2) is 42.6 Å². The third-order valence-corrected chi connectivity index (χ3v) is 6.30. The van der Waals surface area contributed by atoms with Crippen molar-refractivity contribution in [3.63, 3.8) is 0 Å². The maximum absolute atomic E-state index is 12.1. The number of hydrogen-bond acceptors (Lipinski definition) is 7. The molecule has 4 rings (SSSR count). The molecule has 1 aromatic heterocycles. The van der Waals surface area contributed by atoms with Gasteiger partial charge in [0.1, 0.15) is 36.0 Å². The number of amides is 2. The van der Waals surface area contributed by atoms with Gasteiger partial charge in [-0.1, -0.05) is 13.8 Å². The van der Waals surface area contributed by atoms with Gasteiger partial charge in [0.2, 0.25) is 0 Å². The van der Waals surface area contributed by atoms with Crippen LogP contribution in [-0.4, -0.2) is 59.4 Å². The van der Waals surface area contributed by atoms with Gasteiger partial charge in [-0.25, -0.2) is 4.79 Å². The Balaban J connectivity index is 1.49. The van der Waals surface area contributed by atoms with Crippen LogP contribution in [0.5, 0.6) is 17.2 Å². The first-order chi connectivity index (χ1) is 17.9.